The second-order valence-electron chi connectivity index (χ2n) is 6.26. The summed E-state index contributed by atoms with van der Waals surface area (Å²) in [5.74, 6) is -0.835. The maximum absolute atomic E-state index is 14.6. The van der Waals surface area contributed by atoms with Crippen molar-refractivity contribution < 1.29 is 8.78 Å². The summed E-state index contributed by atoms with van der Waals surface area (Å²) in [7, 11) is 0. The SMILES string of the molecule is Cc1cccc(-c2nc(N)nc3c2cnn3Cc2ccc(N)cc2F)c1F. The van der Waals surface area contributed by atoms with Crippen molar-refractivity contribution in [3.8, 4) is 11.3 Å². The molecule has 4 rings (SSSR count). The first kappa shape index (κ1) is 16.9. The number of benzene rings is 2. The third-order valence-electron chi connectivity index (χ3n) is 4.36. The first-order valence-electron chi connectivity index (χ1n) is 8.22. The van der Waals surface area contributed by atoms with Gasteiger partial charge >= 0.3 is 0 Å². The third kappa shape index (κ3) is 2.95. The van der Waals surface area contributed by atoms with Gasteiger partial charge in [-0.1, -0.05) is 18.2 Å². The number of nitrogens with two attached hydrogens (primary N) is 2. The fraction of sp³-hybridized carbons (Fsp3) is 0.105. The molecule has 0 amide bonds. The van der Waals surface area contributed by atoms with Gasteiger partial charge in [0.05, 0.1) is 23.8 Å². The van der Waals surface area contributed by atoms with Crippen molar-refractivity contribution in [2.45, 2.75) is 13.5 Å². The Hall–Kier alpha value is -3.55. The van der Waals surface area contributed by atoms with Gasteiger partial charge in [-0.05, 0) is 30.7 Å². The van der Waals surface area contributed by atoms with E-state index in [1.807, 2.05) is 0 Å². The number of nitrogen functional groups attached to an aromatic ring is 2. The van der Waals surface area contributed by atoms with Gasteiger partial charge < -0.3 is 11.5 Å². The van der Waals surface area contributed by atoms with E-state index in [1.54, 1.807) is 37.3 Å². The molecule has 0 aliphatic heterocycles. The highest BCUT2D eigenvalue weighted by Crippen LogP contribution is 2.30. The number of aryl methyl sites for hydroxylation is 1. The second kappa shape index (κ2) is 6.31. The largest absolute Gasteiger partial charge is 0.399 e. The standard InChI is InChI=1S/C19H16F2N6/c1-10-3-2-4-13(16(10)21)17-14-8-24-27(18(14)26-19(23)25-17)9-11-5-6-12(22)7-15(11)20/h2-8H,9,22H2,1H3,(H2,23,25,26). The summed E-state index contributed by atoms with van der Waals surface area (Å²) in [6, 6.07) is 9.49. The van der Waals surface area contributed by atoms with E-state index in [4.69, 9.17) is 11.5 Å². The maximum Gasteiger partial charge on any atom is 0.222 e. The van der Waals surface area contributed by atoms with E-state index < -0.39 is 5.82 Å². The topological polar surface area (TPSA) is 95.6 Å². The van der Waals surface area contributed by atoms with E-state index in [0.29, 0.717) is 39.1 Å². The van der Waals surface area contributed by atoms with Gasteiger partial charge in [-0.15, -0.1) is 0 Å². The van der Waals surface area contributed by atoms with Gasteiger partial charge in [-0.2, -0.15) is 10.1 Å². The highest BCUT2D eigenvalue weighted by Gasteiger charge is 2.17. The Morgan fingerprint density at radius 1 is 1.07 bits per heavy atom. The Balaban J connectivity index is 1.86. The molecular weight excluding hydrogens is 350 g/mol. The quantitative estimate of drug-likeness (QED) is 0.543. The number of halogens is 2. The van der Waals surface area contributed by atoms with Crippen LogP contribution in [0.15, 0.2) is 42.6 Å². The first-order valence-corrected chi connectivity index (χ1v) is 8.22. The summed E-state index contributed by atoms with van der Waals surface area (Å²) in [5.41, 5.74) is 13.7. The first-order chi connectivity index (χ1) is 12.9. The van der Waals surface area contributed by atoms with Crippen molar-refractivity contribution in [2.75, 3.05) is 11.5 Å². The summed E-state index contributed by atoms with van der Waals surface area (Å²) in [4.78, 5) is 8.42. The summed E-state index contributed by atoms with van der Waals surface area (Å²) < 4.78 is 30.2. The lowest BCUT2D eigenvalue weighted by Gasteiger charge is -2.09. The minimum atomic E-state index is -0.439. The van der Waals surface area contributed by atoms with Gasteiger partial charge in [0.25, 0.3) is 0 Å². The summed E-state index contributed by atoms with van der Waals surface area (Å²) in [6.07, 6.45) is 1.53. The van der Waals surface area contributed by atoms with E-state index in [0.717, 1.165) is 0 Å². The Labute approximate surface area is 153 Å². The van der Waals surface area contributed by atoms with Crippen molar-refractivity contribution in [3.05, 3.63) is 65.4 Å². The lowest BCUT2D eigenvalue weighted by atomic mass is 10.1. The fourth-order valence-corrected chi connectivity index (χ4v) is 2.98. The highest BCUT2D eigenvalue weighted by molar-refractivity contribution is 5.91. The van der Waals surface area contributed by atoms with Crippen molar-refractivity contribution in [1.29, 1.82) is 0 Å². The van der Waals surface area contributed by atoms with E-state index in [-0.39, 0.29) is 18.3 Å². The van der Waals surface area contributed by atoms with Crippen LogP contribution in [-0.2, 0) is 6.54 Å². The van der Waals surface area contributed by atoms with Crippen molar-refractivity contribution in [2.24, 2.45) is 0 Å². The molecule has 2 aromatic carbocycles. The normalized spacial score (nSPS) is 11.2. The average Bonchev–Trinajstić information content (AvgIpc) is 3.02. The molecule has 0 bridgehead atoms. The zero-order valence-corrected chi connectivity index (χ0v) is 14.4. The molecule has 0 atom stereocenters. The molecule has 136 valence electrons. The monoisotopic (exact) mass is 366 g/mol. The van der Waals surface area contributed by atoms with Crippen LogP contribution in [0.2, 0.25) is 0 Å². The Bertz CT molecular complexity index is 1170. The van der Waals surface area contributed by atoms with Crippen LogP contribution in [0.4, 0.5) is 20.4 Å². The molecule has 0 fully saturated rings. The number of rotatable bonds is 3. The van der Waals surface area contributed by atoms with Crippen LogP contribution in [0, 0.1) is 18.6 Å². The molecule has 0 saturated heterocycles. The molecule has 2 heterocycles. The van der Waals surface area contributed by atoms with Crippen molar-refractivity contribution >= 4 is 22.7 Å². The van der Waals surface area contributed by atoms with Gasteiger partial charge in [0, 0.05) is 16.8 Å². The molecular formula is C19H16F2N6. The molecule has 6 nitrogen and oxygen atoms in total. The fourth-order valence-electron chi connectivity index (χ4n) is 2.98. The number of fused-ring (bicyclic) bond motifs is 1. The minimum absolute atomic E-state index is 0.0158. The van der Waals surface area contributed by atoms with Crippen LogP contribution >= 0.6 is 0 Å². The van der Waals surface area contributed by atoms with Gasteiger partial charge in [0.15, 0.2) is 5.65 Å². The second-order valence-corrected chi connectivity index (χ2v) is 6.26. The van der Waals surface area contributed by atoms with E-state index >= 15 is 0 Å². The number of nitrogens with zero attached hydrogens (tertiary/aromatic N) is 4. The molecule has 0 unspecified atom stereocenters. The number of hydrogen-bond donors (Lipinski definition) is 2. The molecule has 0 saturated carbocycles. The molecule has 8 heteroatoms. The van der Waals surface area contributed by atoms with Crippen LogP contribution in [0.1, 0.15) is 11.1 Å². The lowest BCUT2D eigenvalue weighted by Crippen LogP contribution is -2.07. The number of hydrogen-bond acceptors (Lipinski definition) is 5. The molecule has 4 aromatic rings. The van der Waals surface area contributed by atoms with Crippen LogP contribution < -0.4 is 11.5 Å². The molecule has 0 aliphatic rings. The molecule has 27 heavy (non-hydrogen) atoms. The van der Waals surface area contributed by atoms with Gasteiger partial charge in [0.2, 0.25) is 5.95 Å². The average molecular weight is 366 g/mol. The van der Waals surface area contributed by atoms with E-state index in [2.05, 4.69) is 15.1 Å². The smallest absolute Gasteiger partial charge is 0.222 e. The zero-order chi connectivity index (χ0) is 19.1. The predicted molar refractivity (Wildman–Crippen MR) is 99.8 cm³/mol. The predicted octanol–water partition coefficient (Wildman–Crippen LogP) is 3.29. The zero-order valence-electron chi connectivity index (χ0n) is 14.4. The van der Waals surface area contributed by atoms with Gasteiger partial charge in [0.1, 0.15) is 11.6 Å². The van der Waals surface area contributed by atoms with Crippen molar-refractivity contribution in [1.82, 2.24) is 19.7 Å². The van der Waals surface area contributed by atoms with E-state index in [9.17, 15) is 8.78 Å². The van der Waals surface area contributed by atoms with Crippen LogP contribution in [-0.4, -0.2) is 19.7 Å². The van der Waals surface area contributed by atoms with Crippen LogP contribution in [0.25, 0.3) is 22.3 Å². The Morgan fingerprint density at radius 3 is 2.67 bits per heavy atom. The summed E-state index contributed by atoms with van der Waals surface area (Å²) in [5, 5.41) is 4.80. The van der Waals surface area contributed by atoms with E-state index in [1.165, 1.54) is 16.9 Å². The number of anilines is 2. The maximum atomic E-state index is 14.6. The third-order valence-corrected chi connectivity index (χ3v) is 4.36. The van der Waals surface area contributed by atoms with Crippen LogP contribution in [0.5, 0.6) is 0 Å². The molecule has 4 N–H and O–H groups in total. The van der Waals surface area contributed by atoms with Crippen LogP contribution in [0.3, 0.4) is 0 Å². The molecule has 0 radical (unpaired) electrons. The Morgan fingerprint density at radius 2 is 1.89 bits per heavy atom. The van der Waals surface area contributed by atoms with Crippen molar-refractivity contribution in [3.63, 3.8) is 0 Å². The molecule has 2 aromatic heterocycles. The summed E-state index contributed by atoms with van der Waals surface area (Å²) in [6.45, 7) is 1.80. The highest BCUT2D eigenvalue weighted by atomic mass is 19.1. The summed E-state index contributed by atoms with van der Waals surface area (Å²) >= 11 is 0. The molecule has 0 aliphatic carbocycles. The lowest BCUT2D eigenvalue weighted by molar-refractivity contribution is 0.590. The van der Waals surface area contributed by atoms with Gasteiger partial charge in [-0.25, -0.2) is 18.4 Å². The number of aromatic nitrogens is 4. The molecule has 0 spiro atoms. The minimum Gasteiger partial charge on any atom is -0.399 e. The Kier molecular flexibility index (Phi) is 3.95. The van der Waals surface area contributed by atoms with Gasteiger partial charge in [-0.3, -0.25) is 0 Å².